The van der Waals surface area contributed by atoms with E-state index in [4.69, 9.17) is 15.6 Å². The van der Waals surface area contributed by atoms with Crippen molar-refractivity contribution in [1.82, 2.24) is 20.2 Å². The lowest BCUT2D eigenvalue weighted by molar-refractivity contribution is -0.137. The van der Waals surface area contributed by atoms with E-state index in [0.717, 1.165) is 17.7 Å². The molecule has 0 radical (unpaired) electrons. The van der Waals surface area contributed by atoms with Crippen molar-refractivity contribution < 1.29 is 14.6 Å². The Morgan fingerprint density at radius 2 is 1.89 bits per heavy atom. The average Bonchev–Trinajstić information content (AvgIpc) is 3.11. The number of carboxylic acids is 1. The third-order valence-corrected chi connectivity index (χ3v) is 3.90. The highest BCUT2D eigenvalue weighted by Gasteiger charge is 2.12. The molecule has 0 aliphatic carbocycles. The van der Waals surface area contributed by atoms with Crippen LogP contribution in [-0.2, 0) is 17.8 Å². The first-order valence-electron chi connectivity index (χ1n) is 8.62. The van der Waals surface area contributed by atoms with Gasteiger partial charge in [-0.25, -0.2) is 0 Å². The second kappa shape index (κ2) is 8.91. The van der Waals surface area contributed by atoms with E-state index in [1.165, 1.54) is 10.4 Å². The molecule has 3 rings (SSSR count). The average molecular weight is 367 g/mol. The van der Waals surface area contributed by atoms with Crippen molar-refractivity contribution in [1.29, 1.82) is 0 Å². The van der Waals surface area contributed by atoms with Crippen molar-refractivity contribution in [2.24, 2.45) is 5.73 Å². The van der Waals surface area contributed by atoms with E-state index in [2.05, 4.69) is 27.5 Å². The molecule has 0 spiro atoms. The zero-order chi connectivity index (χ0) is 19.1. The fourth-order valence-electron chi connectivity index (χ4n) is 2.57. The number of aliphatic carboxylic acids is 1. The van der Waals surface area contributed by atoms with Crippen LogP contribution >= 0.6 is 0 Å². The van der Waals surface area contributed by atoms with Gasteiger partial charge in [-0.1, -0.05) is 30.3 Å². The highest BCUT2D eigenvalue weighted by atomic mass is 16.5. The molecule has 3 aromatic rings. The summed E-state index contributed by atoms with van der Waals surface area (Å²) in [7, 11) is 0. The van der Waals surface area contributed by atoms with Crippen LogP contribution in [0.1, 0.15) is 12.0 Å². The smallest absolute Gasteiger partial charge is 0.304 e. The number of benzene rings is 2. The van der Waals surface area contributed by atoms with Crippen molar-refractivity contribution in [3.8, 4) is 17.1 Å². The van der Waals surface area contributed by atoms with Crippen LogP contribution in [0, 0.1) is 0 Å². The summed E-state index contributed by atoms with van der Waals surface area (Å²) in [4.78, 5) is 12.0. The number of nitrogens with zero attached hydrogens (tertiary/aromatic N) is 4. The molecule has 8 heteroatoms. The maximum Gasteiger partial charge on any atom is 0.304 e. The maximum absolute atomic E-state index is 10.7. The Hall–Kier alpha value is -3.26. The van der Waals surface area contributed by atoms with E-state index < -0.39 is 12.0 Å². The third-order valence-electron chi connectivity index (χ3n) is 3.90. The van der Waals surface area contributed by atoms with Crippen LogP contribution in [0.4, 0.5) is 0 Å². The lowest BCUT2D eigenvalue weighted by atomic mass is 10.2. The van der Waals surface area contributed by atoms with Gasteiger partial charge in [0.05, 0.1) is 19.6 Å². The molecule has 0 aliphatic rings. The van der Waals surface area contributed by atoms with E-state index >= 15 is 0 Å². The topological polar surface area (TPSA) is 116 Å². The summed E-state index contributed by atoms with van der Waals surface area (Å²) in [5, 5.41) is 20.9. The second-order valence-corrected chi connectivity index (χ2v) is 6.13. The van der Waals surface area contributed by atoms with Gasteiger partial charge in [0, 0.05) is 18.0 Å². The Kier molecular flexibility index (Phi) is 6.11. The van der Waals surface area contributed by atoms with Gasteiger partial charge in [-0.15, -0.1) is 10.2 Å². The molecule has 0 fully saturated rings. The van der Waals surface area contributed by atoms with Gasteiger partial charge in [-0.2, -0.15) is 4.80 Å². The Morgan fingerprint density at radius 1 is 1.15 bits per heavy atom. The lowest BCUT2D eigenvalue weighted by Crippen LogP contribution is -2.30. The fourth-order valence-corrected chi connectivity index (χ4v) is 2.57. The molecule has 1 atom stereocenters. The Balaban J connectivity index is 1.53. The quantitative estimate of drug-likeness (QED) is 0.592. The number of tetrazole rings is 1. The maximum atomic E-state index is 10.7. The van der Waals surface area contributed by atoms with E-state index in [9.17, 15) is 4.79 Å². The molecule has 8 nitrogen and oxygen atoms in total. The van der Waals surface area contributed by atoms with Crippen LogP contribution in [0.15, 0.2) is 54.6 Å². The van der Waals surface area contributed by atoms with Gasteiger partial charge in [0.1, 0.15) is 5.75 Å². The van der Waals surface area contributed by atoms with Crippen molar-refractivity contribution >= 4 is 5.97 Å². The van der Waals surface area contributed by atoms with Crippen molar-refractivity contribution in [2.75, 3.05) is 6.61 Å². The number of carbonyl (C=O) groups is 1. The molecule has 0 amide bonds. The van der Waals surface area contributed by atoms with E-state index in [1.807, 2.05) is 42.5 Å². The summed E-state index contributed by atoms with van der Waals surface area (Å²) in [5.41, 5.74) is 7.76. The number of rotatable bonds is 9. The minimum Gasteiger partial charge on any atom is -0.493 e. The zero-order valence-corrected chi connectivity index (χ0v) is 14.7. The first kappa shape index (κ1) is 18.5. The Bertz CT molecular complexity index is 865. The Labute approximate surface area is 156 Å². The summed E-state index contributed by atoms with van der Waals surface area (Å²) in [6.07, 6.45) is 0.695. The van der Waals surface area contributed by atoms with Gasteiger partial charge in [-0.3, -0.25) is 4.79 Å². The predicted molar refractivity (Wildman–Crippen MR) is 99.1 cm³/mol. The highest BCUT2D eigenvalue weighted by Crippen LogP contribution is 2.19. The minimum atomic E-state index is -0.953. The molecule has 1 aromatic heterocycles. The van der Waals surface area contributed by atoms with Crippen LogP contribution in [0.2, 0.25) is 0 Å². The first-order valence-corrected chi connectivity index (χ1v) is 8.62. The molecule has 0 aliphatic heterocycles. The van der Waals surface area contributed by atoms with Crippen LogP contribution in [-0.4, -0.2) is 43.9 Å². The highest BCUT2D eigenvalue weighted by molar-refractivity contribution is 5.67. The zero-order valence-electron chi connectivity index (χ0n) is 14.7. The standard InChI is InChI=1S/C19H21N5O3/c20-16(12-18(25)26)13-24-22-19(21-23-24)15-6-8-17(9-7-15)27-11-10-14-4-2-1-3-5-14/h1-9,16H,10-13,20H2,(H,25,26). The van der Waals surface area contributed by atoms with Crippen LogP contribution in [0.3, 0.4) is 0 Å². The number of ether oxygens (including phenoxy) is 1. The van der Waals surface area contributed by atoms with E-state index in [0.29, 0.717) is 12.4 Å². The van der Waals surface area contributed by atoms with Crippen LogP contribution in [0.25, 0.3) is 11.4 Å². The van der Waals surface area contributed by atoms with Crippen molar-refractivity contribution in [3.63, 3.8) is 0 Å². The van der Waals surface area contributed by atoms with E-state index in [-0.39, 0.29) is 13.0 Å². The summed E-state index contributed by atoms with van der Waals surface area (Å²) in [6, 6.07) is 17.0. The molecule has 1 heterocycles. The van der Waals surface area contributed by atoms with Crippen molar-refractivity contribution in [2.45, 2.75) is 25.4 Å². The van der Waals surface area contributed by atoms with Gasteiger partial charge in [0.2, 0.25) is 5.82 Å². The molecule has 2 aromatic carbocycles. The number of nitrogens with two attached hydrogens (primary N) is 1. The Morgan fingerprint density at radius 3 is 2.59 bits per heavy atom. The van der Waals surface area contributed by atoms with Crippen LogP contribution in [0.5, 0.6) is 5.75 Å². The van der Waals surface area contributed by atoms with E-state index in [1.54, 1.807) is 0 Å². The first-order chi connectivity index (χ1) is 13.1. The summed E-state index contributed by atoms with van der Waals surface area (Å²) in [6.45, 7) is 0.791. The number of carboxylic acid groups (broad SMARTS) is 1. The molecular formula is C19H21N5O3. The normalized spacial score (nSPS) is 11.9. The number of aromatic nitrogens is 4. The van der Waals surface area contributed by atoms with Crippen LogP contribution < -0.4 is 10.5 Å². The van der Waals surface area contributed by atoms with Gasteiger partial charge >= 0.3 is 5.97 Å². The van der Waals surface area contributed by atoms with Crippen molar-refractivity contribution in [3.05, 3.63) is 60.2 Å². The predicted octanol–water partition coefficient (Wildman–Crippen LogP) is 1.76. The molecule has 27 heavy (non-hydrogen) atoms. The second-order valence-electron chi connectivity index (χ2n) is 6.13. The SMILES string of the molecule is NC(CC(=O)O)Cn1nnc(-c2ccc(OCCc3ccccc3)cc2)n1. The van der Waals surface area contributed by atoms with Gasteiger partial charge in [0.25, 0.3) is 0 Å². The fraction of sp³-hybridized carbons (Fsp3) is 0.263. The largest absolute Gasteiger partial charge is 0.493 e. The summed E-state index contributed by atoms with van der Waals surface area (Å²) >= 11 is 0. The molecule has 0 saturated heterocycles. The molecule has 0 bridgehead atoms. The number of hydrogen-bond acceptors (Lipinski definition) is 6. The lowest BCUT2D eigenvalue weighted by Gasteiger charge is -2.07. The summed E-state index contributed by atoms with van der Waals surface area (Å²) in [5.74, 6) is 0.268. The van der Waals surface area contributed by atoms with Gasteiger partial charge < -0.3 is 15.6 Å². The molecule has 3 N–H and O–H groups in total. The monoisotopic (exact) mass is 367 g/mol. The third kappa shape index (κ3) is 5.61. The molecule has 0 saturated carbocycles. The number of hydrogen-bond donors (Lipinski definition) is 2. The summed E-state index contributed by atoms with van der Waals surface area (Å²) < 4.78 is 5.76. The minimum absolute atomic E-state index is 0.147. The molecule has 140 valence electrons. The molecular weight excluding hydrogens is 346 g/mol. The van der Waals surface area contributed by atoms with Gasteiger partial charge in [-0.05, 0) is 35.0 Å². The molecule has 1 unspecified atom stereocenters. The van der Waals surface area contributed by atoms with Gasteiger partial charge in [0.15, 0.2) is 0 Å².